The molecule has 1 aromatic heterocycles. The van der Waals surface area contributed by atoms with Gasteiger partial charge in [0.25, 0.3) is 0 Å². The Morgan fingerprint density at radius 2 is 1.94 bits per heavy atom. The van der Waals surface area contributed by atoms with Crippen LogP contribution in [-0.2, 0) is 0 Å². The molecule has 0 amide bonds. The van der Waals surface area contributed by atoms with Crippen LogP contribution in [0.5, 0.6) is 0 Å². The summed E-state index contributed by atoms with van der Waals surface area (Å²) in [6.45, 7) is 2.83. The summed E-state index contributed by atoms with van der Waals surface area (Å²) in [4.78, 5) is 0. The zero-order chi connectivity index (χ0) is 13.0. The molecule has 0 saturated carbocycles. The van der Waals surface area contributed by atoms with Gasteiger partial charge < -0.3 is 5.32 Å². The molecule has 0 aliphatic carbocycles. The minimum absolute atomic E-state index is 0.115. The Kier molecular flexibility index (Phi) is 3.82. The molecule has 0 bridgehead atoms. The van der Waals surface area contributed by atoms with Gasteiger partial charge in [0.2, 0.25) is 0 Å². The van der Waals surface area contributed by atoms with E-state index < -0.39 is 11.6 Å². The van der Waals surface area contributed by atoms with Gasteiger partial charge >= 0.3 is 0 Å². The first-order valence-corrected chi connectivity index (χ1v) is 5.73. The Bertz CT molecular complexity index is 526. The lowest BCUT2D eigenvalue weighted by Gasteiger charge is -2.05. The second-order valence-electron chi connectivity index (χ2n) is 3.85. The molecule has 94 valence electrons. The SMILES string of the molecule is CCCNc1ccc(-c2cc(F)ccc2F)nn1. The summed E-state index contributed by atoms with van der Waals surface area (Å²) in [6, 6.07) is 6.57. The molecule has 1 aromatic carbocycles. The monoisotopic (exact) mass is 249 g/mol. The van der Waals surface area contributed by atoms with Gasteiger partial charge in [0.15, 0.2) is 0 Å². The lowest BCUT2D eigenvalue weighted by atomic mass is 10.1. The largest absolute Gasteiger partial charge is 0.369 e. The van der Waals surface area contributed by atoms with Gasteiger partial charge in [-0.05, 0) is 36.8 Å². The van der Waals surface area contributed by atoms with Crippen molar-refractivity contribution in [2.45, 2.75) is 13.3 Å². The zero-order valence-corrected chi connectivity index (χ0v) is 9.95. The number of hydrogen-bond acceptors (Lipinski definition) is 3. The van der Waals surface area contributed by atoms with Crippen molar-refractivity contribution in [2.24, 2.45) is 0 Å². The van der Waals surface area contributed by atoms with E-state index >= 15 is 0 Å². The molecule has 3 nitrogen and oxygen atoms in total. The Hall–Kier alpha value is -2.04. The summed E-state index contributed by atoms with van der Waals surface area (Å²) in [5.74, 6) is -0.390. The Balaban J connectivity index is 2.25. The van der Waals surface area contributed by atoms with E-state index in [0.717, 1.165) is 31.2 Å². The average Bonchev–Trinajstić information content (AvgIpc) is 2.40. The third-order valence-corrected chi connectivity index (χ3v) is 2.43. The van der Waals surface area contributed by atoms with Crippen LogP contribution in [0.1, 0.15) is 13.3 Å². The van der Waals surface area contributed by atoms with Crippen LogP contribution >= 0.6 is 0 Å². The van der Waals surface area contributed by atoms with Crippen molar-refractivity contribution < 1.29 is 8.78 Å². The van der Waals surface area contributed by atoms with E-state index in [1.54, 1.807) is 12.1 Å². The molecule has 0 radical (unpaired) electrons. The topological polar surface area (TPSA) is 37.8 Å². The third kappa shape index (κ3) is 2.80. The number of nitrogens with one attached hydrogen (secondary N) is 1. The molecule has 1 heterocycles. The molecule has 18 heavy (non-hydrogen) atoms. The highest BCUT2D eigenvalue weighted by molar-refractivity contribution is 5.60. The number of anilines is 1. The average molecular weight is 249 g/mol. The zero-order valence-electron chi connectivity index (χ0n) is 9.95. The number of benzene rings is 1. The summed E-state index contributed by atoms with van der Waals surface area (Å²) >= 11 is 0. The fraction of sp³-hybridized carbons (Fsp3) is 0.231. The van der Waals surface area contributed by atoms with Gasteiger partial charge in [-0.25, -0.2) is 8.78 Å². The smallest absolute Gasteiger partial charge is 0.148 e. The predicted octanol–water partition coefficient (Wildman–Crippen LogP) is 3.24. The van der Waals surface area contributed by atoms with Gasteiger partial charge in [-0.1, -0.05) is 6.92 Å². The van der Waals surface area contributed by atoms with Gasteiger partial charge in [0.1, 0.15) is 17.5 Å². The summed E-state index contributed by atoms with van der Waals surface area (Å²) < 4.78 is 26.6. The van der Waals surface area contributed by atoms with E-state index in [-0.39, 0.29) is 5.56 Å². The number of rotatable bonds is 4. The van der Waals surface area contributed by atoms with Crippen molar-refractivity contribution in [3.05, 3.63) is 42.0 Å². The number of aromatic nitrogens is 2. The van der Waals surface area contributed by atoms with Crippen molar-refractivity contribution in [1.82, 2.24) is 10.2 Å². The van der Waals surface area contributed by atoms with E-state index in [9.17, 15) is 8.78 Å². The van der Waals surface area contributed by atoms with Gasteiger partial charge in [0, 0.05) is 12.1 Å². The van der Waals surface area contributed by atoms with Crippen molar-refractivity contribution in [2.75, 3.05) is 11.9 Å². The summed E-state index contributed by atoms with van der Waals surface area (Å²) in [6.07, 6.45) is 0.974. The molecule has 1 N–H and O–H groups in total. The Morgan fingerprint density at radius 3 is 2.61 bits per heavy atom. The van der Waals surface area contributed by atoms with Crippen LogP contribution in [0.15, 0.2) is 30.3 Å². The van der Waals surface area contributed by atoms with Crippen molar-refractivity contribution in [3.8, 4) is 11.3 Å². The Morgan fingerprint density at radius 1 is 1.11 bits per heavy atom. The van der Waals surface area contributed by atoms with Crippen LogP contribution in [0.2, 0.25) is 0 Å². The molecule has 2 rings (SSSR count). The Labute approximate surface area is 104 Å². The second kappa shape index (κ2) is 5.53. The quantitative estimate of drug-likeness (QED) is 0.903. The molecule has 0 aliphatic heterocycles. The third-order valence-electron chi connectivity index (χ3n) is 2.43. The van der Waals surface area contributed by atoms with E-state index in [4.69, 9.17) is 0 Å². The van der Waals surface area contributed by atoms with Crippen molar-refractivity contribution in [3.63, 3.8) is 0 Å². The molecule has 0 aliphatic rings. The first-order chi connectivity index (χ1) is 8.70. The first-order valence-electron chi connectivity index (χ1n) is 5.73. The van der Waals surface area contributed by atoms with Crippen molar-refractivity contribution in [1.29, 1.82) is 0 Å². The maximum absolute atomic E-state index is 13.5. The molecule has 0 unspecified atom stereocenters. The fourth-order valence-corrected chi connectivity index (χ4v) is 1.52. The number of halogens is 2. The van der Waals surface area contributed by atoms with Gasteiger partial charge in [-0.15, -0.1) is 10.2 Å². The molecule has 0 saturated heterocycles. The molecule has 5 heteroatoms. The van der Waals surface area contributed by atoms with Gasteiger partial charge in [-0.2, -0.15) is 0 Å². The second-order valence-corrected chi connectivity index (χ2v) is 3.85. The summed E-state index contributed by atoms with van der Waals surface area (Å²) in [7, 11) is 0. The number of nitrogens with zero attached hydrogens (tertiary/aromatic N) is 2. The van der Waals surface area contributed by atoms with E-state index in [0.29, 0.717) is 11.5 Å². The highest BCUT2D eigenvalue weighted by Gasteiger charge is 2.08. The van der Waals surface area contributed by atoms with E-state index in [1.165, 1.54) is 0 Å². The highest BCUT2D eigenvalue weighted by Crippen LogP contribution is 2.21. The molecular weight excluding hydrogens is 236 g/mol. The van der Waals surface area contributed by atoms with Gasteiger partial charge in [-0.3, -0.25) is 0 Å². The van der Waals surface area contributed by atoms with Crippen molar-refractivity contribution >= 4 is 5.82 Å². The lowest BCUT2D eigenvalue weighted by Crippen LogP contribution is -2.03. The van der Waals surface area contributed by atoms with Crippen LogP contribution in [0.4, 0.5) is 14.6 Å². The maximum atomic E-state index is 13.5. The molecule has 0 spiro atoms. The molecule has 0 atom stereocenters. The molecule has 0 fully saturated rings. The van der Waals surface area contributed by atoms with Crippen LogP contribution < -0.4 is 5.32 Å². The lowest BCUT2D eigenvalue weighted by molar-refractivity contribution is 0.602. The minimum atomic E-state index is -0.514. The molecular formula is C13H13F2N3. The highest BCUT2D eigenvalue weighted by atomic mass is 19.1. The maximum Gasteiger partial charge on any atom is 0.148 e. The molecule has 2 aromatic rings. The van der Waals surface area contributed by atoms with Crippen LogP contribution in [0.3, 0.4) is 0 Å². The summed E-state index contributed by atoms with van der Waals surface area (Å²) in [5, 5.41) is 10.9. The number of hydrogen-bond donors (Lipinski definition) is 1. The van der Waals surface area contributed by atoms with E-state index in [2.05, 4.69) is 15.5 Å². The standard InChI is InChI=1S/C13H13F2N3/c1-2-7-16-13-6-5-12(17-18-13)10-8-9(14)3-4-11(10)15/h3-6,8H,2,7H2,1H3,(H,16,18). The first kappa shape index (κ1) is 12.4. The normalized spacial score (nSPS) is 10.4. The predicted molar refractivity (Wildman–Crippen MR) is 66.2 cm³/mol. The van der Waals surface area contributed by atoms with Crippen LogP contribution in [-0.4, -0.2) is 16.7 Å². The van der Waals surface area contributed by atoms with E-state index in [1.807, 2.05) is 6.92 Å². The summed E-state index contributed by atoms with van der Waals surface area (Å²) in [5.41, 5.74) is 0.429. The minimum Gasteiger partial charge on any atom is -0.369 e. The fourth-order valence-electron chi connectivity index (χ4n) is 1.52. The van der Waals surface area contributed by atoms with Crippen LogP contribution in [0.25, 0.3) is 11.3 Å². The van der Waals surface area contributed by atoms with Gasteiger partial charge in [0.05, 0.1) is 5.69 Å². The van der Waals surface area contributed by atoms with Crippen LogP contribution in [0, 0.1) is 11.6 Å².